The highest BCUT2D eigenvalue weighted by Crippen LogP contribution is 2.44. The Labute approximate surface area is 193 Å². The Morgan fingerprint density at radius 3 is 2.35 bits per heavy atom. The Kier molecular flexibility index (Phi) is 5.43. The molecular formula is C24H21F4NO4S. The highest BCUT2D eigenvalue weighted by Gasteiger charge is 2.36. The van der Waals surface area contributed by atoms with Crippen molar-refractivity contribution in [1.82, 2.24) is 4.57 Å². The third kappa shape index (κ3) is 4.22. The van der Waals surface area contributed by atoms with E-state index < -0.39 is 39.0 Å². The summed E-state index contributed by atoms with van der Waals surface area (Å²) in [5.74, 6) is -1.19. The molecule has 0 aliphatic carbocycles. The standard InChI is InChI=1S/C24H21F4NO4S/c1-13-22(18-12-34(31,32)20-8-5-14(9-16(18)20)24(26,27)28)17-10-15(25)6-7-19(17)29(13)11-21(30)33-23(2,3)4/h5-10,12H,11H2,1-4H3. The molecule has 1 aliphatic rings. The Morgan fingerprint density at radius 2 is 1.74 bits per heavy atom. The Hall–Kier alpha value is -3.14. The van der Waals surface area contributed by atoms with Gasteiger partial charge in [0.05, 0.1) is 10.5 Å². The summed E-state index contributed by atoms with van der Waals surface area (Å²) in [4.78, 5) is 12.3. The zero-order valence-electron chi connectivity index (χ0n) is 18.7. The van der Waals surface area contributed by atoms with Gasteiger partial charge in [-0.2, -0.15) is 13.2 Å². The maximum absolute atomic E-state index is 14.2. The SMILES string of the molecule is Cc1c(C2=CS(=O)(=O)c3ccc(C(F)(F)F)cc32)c2cc(F)ccc2n1CC(=O)OC(C)(C)C. The van der Waals surface area contributed by atoms with Crippen LogP contribution in [0.4, 0.5) is 17.6 Å². The van der Waals surface area contributed by atoms with Crippen LogP contribution in [0.2, 0.25) is 0 Å². The van der Waals surface area contributed by atoms with Gasteiger partial charge < -0.3 is 9.30 Å². The highest BCUT2D eigenvalue weighted by molar-refractivity contribution is 7.95. The van der Waals surface area contributed by atoms with Crippen LogP contribution in [0.1, 0.15) is 43.2 Å². The van der Waals surface area contributed by atoms with Crippen molar-refractivity contribution in [3.8, 4) is 0 Å². The molecule has 0 N–H and O–H groups in total. The summed E-state index contributed by atoms with van der Waals surface area (Å²) in [6.45, 7) is 6.46. The average molecular weight is 495 g/mol. The molecule has 0 unspecified atom stereocenters. The zero-order valence-corrected chi connectivity index (χ0v) is 19.6. The lowest BCUT2D eigenvalue weighted by Gasteiger charge is -2.20. The molecule has 0 fully saturated rings. The van der Waals surface area contributed by atoms with Crippen molar-refractivity contribution in [3.05, 3.63) is 70.0 Å². The number of benzene rings is 2. The Morgan fingerprint density at radius 1 is 1.06 bits per heavy atom. The second kappa shape index (κ2) is 7.69. The first-order valence-corrected chi connectivity index (χ1v) is 11.8. The van der Waals surface area contributed by atoms with Crippen molar-refractivity contribution in [1.29, 1.82) is 0 Å². The number of alkyl halides is 3. The van der Waals surface area contributed by atoms with Crippen LogP contribution in [-0.4, -0.2) is 24.6 Å². The van der Waals surface area contributed by atoms with Gasteiger partial charge in [0.1, 0.15) is 18.0 Å². The number of esters is 1. The van der Waals surface area contributed by atoms with E-state index in [1.165, 1.54) is 22.8 Å². The number of halogens is 4. The van der Waals surface area contributed by atoms with Crippen LogP contribution in [0.15, 0.2) is 46.7 Å². The van der Waals surface area contributed by atoms with E-state index in [1.54, 1.807) is 27.7 Å². The van der Waals surface area contributed by atoms with Crippen molar-refractivity contribution in [2.75, 3.05) is 0 Å². The fraction of sp³-hybridized carbons (Fsp3) is 0.292. The first-order chi connectivity index (χ1) is 15.6. The van der Waals surface area contributed by atoms with E-state index in [0.29, 0.717) is 17.3 Å². The van der Waals surface area contributed by atoms with Gasteiger partial charge in [0.2, 0.25) is 9.84 Å². The van der Waals surface area contributed by atoms with Gasteiger partial charge >= 0.3 is 12.1 Å². The van der Waals surface area contributed by atoms with Crippen LogP contribution in [0, 0.1) is 12.7 Å². The molecule has 3 aromatic rings. The first-order valence-electron chi connectivity index (χ1n) is 10.3. The molecule has 180 valence electrons. The molecule has 1 aliphatic heterocycles. The zero-order chi connectivity index (χ0) is 25.2. The fourth-order valence-electron chi connectivity index (χ4n) is 4.14. The molecule has 0 saturated carbocycles. The van der Waals surface area contributed by atoms with Gasteiger partial charge in [-0.15, -0.1) is 0 Å². The predicted molar refractivity (Wildman–Crippen MR) is 118 cm³/mol. The van der Waals surface area contributed by atoms with Gasteiger partial charge in [-0.3, -0.25) is 4.79 Å². The number of sulfone groups is 1. The van der Waals surface area contributed by atoms with Gasteiger partial charge in [-0.25, -0.2) is 12.8 Å². The number of rotatable bonds is 3. The number of nitrogens with zero attached hydrogens (tertiary/aromatic N) is 1. The van der Waals surface area contributed by atoms with E-state index in [2.05, 4.69) is 0 Å². The minimum atomic E-state index is -4.68. The van der Waals surface area contributed by atoms with Crippen LogP contribution >= 0.6 is 0 Å². The predicted octanol–water partition coefficient (Wildman–Crippen LogP) is 5.63. The molecule has 4 rings (SSSR count). The number of fused-ring (bicyclic) bond motifs is 2. The van der Waals surface area contributed by atoms with E-state index in [1.807, 2.05) is 0 Å². The average Bonchev–Trinajstić information content (AvgIpc) is 3.09. The molecule has 1 aromatic heterocycles. The molecule has 0 amide bonds. The van der Waals surface area contributed by atoms with E-state index in [-0.39, 0.29) is 33.5 Å². The molecule has 0 spiro atoms. The van der Waals surface area contributed by atoms with Crippen LogP contribution < -0.4 is 0 Å². The topological polar surface area (TPSA) is 65.4 Å². The monoisotopic (exact) mass is 495 g/mol. The van der Waals surface area contributed by atoms with E-state index in [9.17, 15) is 30.8 Å². The van der Waals surface area contributed by atoms with E-state index in [0.717, 1.165) is 17.5 Å². The van der Waals surface area contributed by atoms with Gasteiger partial charge in [-0.1, -0.05) is 0 Å². The summed E-state index contributed by atoms with van der Waals surface area (Å²) >= 11 is 0. The normalized spacial score (nSPS) is 15.4. The summed E-state index contributed by atoms with van der Waals surface area (Å²) in [5, 5.41) is 1.16. The summed E-state index contributed by atoms with van der Waals surface area (Å²) < 4.78 is 86.7. The van der Waals surface area contributed by atoms with Crippen molar-refractivity contribution >= 4 is 32.3 Å². The molecule has 2 aromatic carbocycles. The fourth-order valence-corrected chi connectivity index (χ4v) is 5.56. The van der Waals surface area contributed by atoms with Crippen LogP contribution in [0.3, 0.4) is 0 Å². The summed E-state index contributed by atoms with van der Waals surface area (Å²) in [6, 6.07) is 6.21. The van der Waals surface area contributed by atoms with Gasteiger partial charge in [0, 0.05) is 38.7 Å². The molecular weight excluding hydrogens is 474 g/mol. The number of aromatic nitrogens is 1. The van der Waals surface area contributed by atoms with Gasteiger partial charge in [0.25, 0.3) is 0 Å². The Bertz CT molecular complexity index is 1480. The summed E-state index contributed by atoms with van der Waals surface area (Å²) in [5.41, 5.74) is -0.833. The van der Waals surface area contributed by atoms with Crippen molar-refractivity contribution < 1.29 is 35.5 Å². The quantitative estimate of drug-likeness (QED) is 0.349. The first kappa shape index (κ1) is 24.0. The third-order valence-electron chi connectivity index (χ3n) is 5.44. The van der Waals surface area contributed by atoms with E-state index in [4.69, 9.17) is 4.74 Å². The molecule has 0 radical (unpaired) electrons. The minimum absolute atomic E-state index is 0.0112. The smallest absolute Gasteiger partial charge is 0.416 e. The van der Waals surface area contributed by atoms with Crippen molar-refractivity contribution in [3.63, 3.8) is 0 Å². The number of carbonyl (C=O) groups excluding carboxylic acids is 1. The van der Waals surface area contributed by atoms with Crippen LogP contribution in [0.25, 0.3) is 16.5 Å². The Balaban J connectivity index is 1.96. The van der Waals surface area contributed by atoms with Crippen molar-refractivity contribution in [2.24, 2.45) is 0 Å². The molecule has 0 bridgehead atoms. The molecule has 5 nitrogen and oxygen atoms in total. The number of hydrogen-bond donors (Lipinski definition) is 0. The third-order valence-corrected chi connectivity index (χ3v) is 6.95. The molecule has 0 atom stereocenters. The number of carbonyl (C=O) groups is 1. The van der Waals surface area contributed by atoms with Crippen molar-refractivity contribution in [2.45, 2.75) is 50.9 Å². The van der Waals surface area contributed by atoms with Gasteiger partial charge in [-0.05, 0) is 64.1 Å². The summed E-state index contributed by atoms with van der Waals surface area (Å²) in [7, 11) is -4.02. The maximum atomic E-state index is 14.2. The lowest BCUT2D eigenvalue weighted by atomic mass is 9.95. The molecule has 2 heterocycles. The van der Waals surface area contributed by atoms with Gasteiger partial charge in [0.15, 0.2) is 0 Å². The highest BCUT2D eigenvalue weighted by atomic mass is 32.2. The lowest BCUT2D eigenvalue weighted by molar-refractivity contribution is -0.155. The number of ether oxygens (including phenoxy) is 1. The summed E-state index contributed by atoms with van der Waals surface area (Å²) in [6.07, 6.45) is -4.68. The minimum Gasteiger partial charge on any atom is -0.459 e. The number of hydrogen-bond acceptors (Lipinski definition) is 4. The maximum Gasteiger partial charge on any atom is 0.416 e. The molecule has 0 saturated heterocycles. The second-order valence-corrected chi connectivity index (χ2v) is 10.8. The largest absolute Gasteiger partial charge is 0.459 e. The van der Waals surface area contributed by atoms with Crippen LogP contribution in [-0.2, 0) is 32.1 Å². The van der Waals surface area contributed by atoms with E-state index >= 15 is 0 Å². The van der Waals surface area contributed by atoms with Crippen LogP contribution in [0.5, 0.6) is 0 Å². The molecule has 10 heteroatoms. The lowest BCUT2D eigenvalue weighted by Crippen LogP contribution is -2.26. The molecule has 34 heavy (non-hydrogen) atoms. The second-order valence-electron chi connectivity index (χ2n) is 9.08.